The Labute approximate surface area is 125 Å². The molecule has 2 atom stereocenters. The molecule has 1 fully saturated rings. The van der Waals surface area contributed by atoms with E-state index in [9.17, 15) is 5.11 Å². The second-order valence-electron chi connectivity index (χ2n) is 5.54. The van der Waals surface area contributed by atoms with Gasteiger partial charge in [0.1, 0.15) is 5.75 Å². The summed E-state index contributed by atoms with van der Waals surface area (Å²) in [6, 6.07) is 5.82. The topological polar surface area (TPSA) is 35.9 Å². The number of likely N-dealkylation sites (N-methyl/N-ethyl adjacent to an activating group) is 2. The van der Waals surface area contributed by atoms with Gasteiger partial charge in [-0.15, -0.1) is 0 Å². The number of methoxy groups -OCH3 is 1. The molecule has 20 heavy (non-hydrogen) atoms. The van der Waals surface area contributed by atoms with Crippen molar-refractivity contribution in [3.8, 4) is 5.75 Å². The Balaban J connectivity index is 2.05. The van der Waals surface area contributed by atoms with Crippen molar-refractivity contribution in [2.45, 2.75) is 18.6 Å². The lowest BCUT2D eigenvalue weighted by molar-refractivity contribution is 0.0634. The monoisotopic (exact) mass is 298 g/mol. The number of aliphatic hydroxyl groups is 1. The van der Waals surface area contributed by atoms with E-state index in [2.05, 4.69) is 23.9 Å². The molecule has 0 amide bonds. The van der Waals surface area contributed by atoms with E-state index in [1.807, 2.05) is 12.1 Å². The standard InChI is InChI=1S/C15H23ClN2O2/c1-17-6-7-18(2)12(10-17)9-14(19)11-4-5-13(16)15(8-11)20-3/h4-5,8,12,14,19H,6-7,9-10H2,1-3H3. The van der Waals surface area contributed by atoms with E-state index < -0.39 is 6.10 Å². The van der Waals surface area contributed by atoms with Crippen LogP contribution < -0.4 is 4.74 Å². The molecule has 1 aliphatic rings. The van der Waals surface area contributed by atoms with Crippen LogP contribution in [0.4, 0.5) is 0 Å². The number of ether oxygens (including phenoxy) is 1. The number of benzene rings is 1. The Bertz CT molecular complexity index is 455. The van der Waals surface area contributed by atoms with Crippen LogP contribution in [0.3, 0.4) is 0 Å². The molecule has 1 saturated heterocycles. The Kier molecular flexibility index (Phi) is 5.27. The van der Waals surface area contributed by atoms with Gasteiger partial charge in [-0.25, -0.2) is 0 Å². The second-order valence-corrected chi connectivity index (χ2v) is 5.95. The Morgan fingerprint density at radius 2 is 2.15 bits per heavy atom. The summed E-state index contributed by atoms with van der Waals surface area (Å²) in [7, 11) is 5.83. The van der Waals surface area contributed by atoms with Crippen LogP contribution in [-0.2, 0) is 0 Å². The molecule has 0 radical (unpaired) electrons. The van der Waals surface area contributed by atoms with Crippen molar-refractivity contribution in [3.05, 3.63) is 28.8 Å². The van der Waals surface area contributed by atoms with Crippen LogP contribution in [0.1, 0.15) is 18.1 Å². The molecule has 2 rings (SSSR count). The van der Waals surface area contributed by atoms with Gasteiger partial charge in [0.15, 0.2) is 0 Å². The van der Waals surface area contributed by atoms with Gasteiger partial charge >= 0.3 is 0 Å². The summed E-state index contributed by atoms with van der Waals surface area (Å²) in [5.41, 5.74) is 0.855. The lowest BCUT2D eigenvalue weighted by atomic mass is 9.99. The number of hydrogen-bond acceptors (Lipinski definition) is 4. The third-order valence-corrected chi connectivity index (χ3v) is 4.35. The maximum Gasteiger partial charge on any atom is 0.137 e. The van der Waals surface area contributed by atoms with Gasteiger partial charge in [-0.1, -0.05) is 17.7 Å². The lowest BCUT2D eigenvalue weighted by Gasteiger charge is -2.38. The normalized spacial score (nSPS) is 22.8. The third-order valence-electron chi connectivity index (χ3n) is 4.04. The first-order chi connectivity index (χ1) is 9.51. The van der Waals surface area contributed by atoms with Crippen LogP contribution in [0, 0.1) is 0 Å². The molecule has 1 N–H and O–H groups in total. The lowest BCUT2D eigenvalue weighted by Crippen LogP contribution is -2.50. The Morgan fingerprint density at radius 1 is 1.40 bits per heavy atom. The zero-order valence-corrected chi connectivity index (χ0v) is 13.1. The predicted molar refractivity (Wildman–Crippen MR) is 81.5 cm³/mol. The zero-order valence-electron chi connectivity index (χ0n) is 12.3. The highest BCUT2D eigenvalue weighted by Gasteiger charge is 2.25. The first-order valence-electron chi connectivity index (χ1n) is 6.91. The molecule has 1 aromatic carbocycles. The van der Waals surface area contributed by atoms with E-state index in [1.54, 1.807) is 13.2 Å². The second kappa shape index (κ2) is 6.76. The summed E-state index contributed by atoms with van der Waals surface area (Å²) in [6.07, 6.45) is 0.214. The van der Waals surface area contributed by atoms with Gasteiger partial charge in [0, 0.05) is 25.7 Å². The molecule has 0 saturated carbocycles. The fourth-order valence-electron chi connectivity index (χ4n) is 2.63. The van der Waals surface area contributed by atoms with Crippen LogP contribution >= 0.6 is 11.6 Å². The van der Waals surface area contributed by atoms with Gasteiger partial charge in [-0.3, -0.25) is 0 Å². The van der Waals surface area contributed by atoms with Gasteiger partial charge in [-0.2, -0.15) is 0 Å². The minimum absolute atomic E-state index is 0.366. The highest BCUT2D eigenvalue weighted by molar-refractivity contribution is 6.32. The van der Waals surface area contributed by atoms with Gasteiger partial charge in [0.2, 0.25) is 0 Å². The molecule has 112 valence electrons. The molecular formula is C15H23ClN2O2. The van der Waals surface area contributed by atoms with Crippen LogP contribution in [0.25, 0.3) is 0 Å². The fourth-order valence-corrected chi connectivity index (χ4v) is 2.83. The minimum atomic E-state index is -0.500. The summed E-state index contributed by atoms with van der Waals surface area (Å²) in [6.45, 7) is 3.11. The molecule has 0 bridgehead atoms. The van der Waals surface area contributed by atoms with Gasteiger partial charge < -0.3 is 19.6 Å². The highest BCUT2D eigenvalue weighted by Crippen LogP contribution is 2.30. The van der Waals surface area contributed by atoms with Crippen molar-refractivity contribution in [1.29, 1.82) is 0 Å². The first-order valence-corrected chi connectivity index (χ1v) is 7.29. The van der Waals surface area contributed by atoms with Crippen molar-refractivity contribution >= 4 is 11.6 Å². The SMILES string of the molecule is COc1cc(C(O)CC2CN(C)CCN2C)ccc1Cl. The molecule has 1 aromatic rings. The van der Waals surface area contributed by atoms with Gasteiger partial charge in [-0.05, 0) is 38.2 Å². The van der Waals surface area contributed by atoms with E-state index in [-0.39, 0.29) is 0 Å². The quantitative estimate of drug-likeness (QED) is 0.922. The zero-order chi connectivity index (χ0) is 14.7. The average Bonchev–Trinajstić information content (AvgIpc) is 2.43. The van der Waals surface area contributed by atoms with E-state index in [0.717, 1.165) is 25.2 Å². The molecule has 4 nitrogen and oxygen atoms in total. The molecule has 1 heterocycles. The van der Waals surface area contributed by atoms with Gasteiger partial charge in [0.05, 0.1) is 18.2 Å². The molecule has 0 aromatic heterocycles. The number of nitrogens with zero attached hydrogens (tertiary/aromatic N) is 2. The first kappa shape index (κ1) is 15.6. The largest absolute Gasteiger partial charge is 0.495 e. The Hall–Kier alpha value is -0.810. The predicted octanol–water partition coefficient (Wildman–Crippen LogP) is 2.02. The van der Waals surface area contributed by atoms with E-state index in [1.165, 1.54) is 0 Å². The van der Waals surface area contributed by atoms with Crippen molar-refractivity contribution < 1.29 is 9.84 Å². The molecular weight excluding hydrogens is 276 g/mol. The third kappa shape index (κ3) is 3.64. The number of rotatable bonds is 4. The maximum absolute atomic E-state index is 10.4. The number of hydrogen-bond donors (Lipinski definition) is 1. The number of aliphatic hydroxyl groups excluding tert-OH is 1. The van der Waals surface area contributed by atoms with Crippen LogP contribution in [0.15, 0.2) is 18.2 Å². The van der Waals surface area contributed by atoms with Crippen molar-refractivity contribution in [3.63, 3.8) is 0 Å². The van der Waals surface area contributed by atoms with Crippen molar-refractivity contribution in [1.82, 2.24) is 9.80 Å². The summed E-state index contributed by atoms with van der Waals surface area (Å²) < 4.78 is 5.20. The van der Waals surface area contributed by atoms with Crippen LogP contribution in [0.2, 0.25) is 5.02 Å². The molecule has 5 heteroatoms. The van der Waals surface area contributed by atoms with Crippen LogP contribution in [0.5, 0.6) is 5.75 Å². The Morgan fingerprint density at radius 3 is 2.85 bits per heavy atom. The van der Waals surface area contributed by atoms with E-state index in [0.29, 0.717) is 23.2 Å². The summed E-state index contributed by atoms with van der Waals surface area (Å²) in [5, 5.41) is 11.0. The summed E-state index contributed by atoms with van der Waals surface area (Å²) in [4.78, 5) is 4.62. The number of halogens is 1. The smallest absolute Gasteiger partial charge is 0.137 e. The van der Waals surface area contributed by atoms with Crippen molar-refractivity contribution in [2.75, 3.05) is 40.8 Å². The van der Waals surface area contributed by atoms with E-state index in [4.69, 9.17) is 16.3 Å². The molecule has 2 unspecified atom stereocenters. The van der Waals surface area contributed by atoms with E-state index >= 15 is 0 Å². The summed E-state index contributed by atoms with van der Waals surface area (Å²) >= 11 is 6.01. The maximum atomic E-state index is 10.4. The minimum Gasteiger partial charge on any atom is -0.495 e. The number of piperazine rings is 1. The summed E-state index contributed by atoms with van der Waals surface area (Å²) in [5.74, 6) is 0.609. The molecule has 0 aliphatic carbocycles. The average molecular weight is 299 g/mol. The fraction of sp³-hybridized carbons (Fsp3) is 0.600. The van der Waals surface area contributed by atoms with Crippen LogP contribution in [-0.4, -0.2) is 61.8 Å². The van der Waals surface area contributed by atoms with Gasteiger partial charge in [0.25, 0.3) is 0 Å². The highest BCUT2D eigenvalue weighted by atomic mass is 35.5. The molecule has 1 aliphatic heterocycles. The molecule has 0 spiro atoms. The van der Waals surface area contributed by atoms with Crippen molar-refractivity contribution in [2.24, 2.45) is 0 Å².